The lowest BCUT2D eigenvalue weighted by molar-refractivity contribution is -0.697. The largest absolute Gasteiger partial charge is 1.00 e. The number of amides is 1. The molecule has 0 saturated carbocycles. The van der Waals surface area contributed by atoms with E-state index in [1.807, 2.05) is 30.6 Å². The van der Waals surface area contributed by atoms with Gasteiger partial charge in [0, 0.05) is 37.1 Å². The number of nitrogens with one attached hydrogen (secondary N) is 1. The van der Waals surface area contributed by atoms with Crippen LogP contribution in [-0.4, -0.2) is 20.1 Å². The van der Waals surface area contributed by atoms with Crippen LogP contribution in [0.2, 0.25) is 5.02 Å². The summed E-state index contributed by atoms with van der Waals surface area (Å²) in [6.07, 6.45) is 6.22. The maximum atomic E-state index is 12.1. The number of ether oxygens (including phenoxy) is 2. The Kier molecular flexibility index (Phi) is 9.31. The molecular weight excluding hydrogens is 408 g/mol. The summed E-state index contributed by atoms with van der Waals surface area (Å²) in [5.74, 6) is 0.943. The van der Waals surface area contributed by atoms with Crippen LogP contribution in [0.1, 0.15) is 19.3 Å². The first-order chi connectivity index (χ1) is 11.6. The molecule has 1 heterocycles. The lowest BCUT2D eigenvalue weighted by atomic mass is 10.2. The van der Waals surface area contributed by atoms with Gasteiger partial charge in [0.2, 0.25) is 5.91 Å². The average molecular weight is 430 g/mol. The van der Waals surface area contributed by atoms with E-state index in [0.29, 0.717) is 28.6 Å². The van der Waals surface area contributed by atoms with Crippen molar-refractivity contribution in [2.24, 2.45) is 0 Å². The summed E-state index contributed by atoms with van der Waals surface area (Å²) in [6.45, 7) is 0.895. The van der Waals surface area contributed by atoms with Gasteiger partial charge in [0.25, 0.3) is 0 Å². The van der Waals surface area contributed by atoms with Gasteiger partial charge in [-0.05, 0) is 6.42 Å². The van der Waals surface area contributed by atoms with E-state index in [2.05, 4.69) is 9.88 Å². The molecule has 0 radical (unpaired) electrons. The maximum absolute atomic E-state index is 12.1. The summed E-state index contributed by atoms with van der Waals surface area (Å²) in [4.78, 5) is 12.1. The number of rotatable bonds is 8. The van der Waals surface area contributed by atoms with E-state index >= 15 is 0 Å². The molecule has 0 aliphatic heterocycles. The van der Waals surface area contributed by atoms with Crippen molar-refractivity contribution >= 4 is 23.2 Å². The Morgan fingerprint density at radius 1 is 1.08 bits per heavy atom. The number of halogens is 2. The number of nitrogens with zero attached hydrogens (tertiary/aromatic N) is 1. The minimum absolute atomic E-state index is 0. The summed E-state index contributed by atoms with van der Waals surface area (Å²) in [5.41, 5.74) is 0.557. The molecule has 2 rings (SSSR count). The Hall–Kier alpha value is -1.79. The molecule has 0 fully saturated rings. The number of carbonyl (C=O) groups excluding carboxylic acids is 1. The van der Waals surface area contributed by atoms with Gasteiger partial charge in [0.05, 0.1) is 24.9 Å². The smallest absolute Gasteiger partial charge is 0.224 e. The lowest BCUT2D eigenvalue weighted by Gasteiger charge is -2.13. The summed E-state index contributed by atoms with van der Waals surface area (Å²) < 4.78 is 12.5. The van der Waals surface area contributed by atoms with Crippen LogP contribution in [0, 0.1) is 0 Å². The average Bonchev–Trinajstić information content (AvgIpc) is 2.60. The summed E-state index contributed by atoms with van der Waals surface area (Å²) in [6, 6.07) is 9.26. The molecule has 25 heavy (non-hydrogen) atoms. The highest BCUT2D eigenvalue weighted by Gasteiger charge is 2.12. The van der Waals surface area contributed by atoms with Crippen LogP contribution in [0.15, 0.2) is 42.7 Å². The molecule has 1 aromatic heterocycles. The lowest BCUT2D eigenvalue weighted by Crippen LogP contribution is -3.00. The molecule has 0 bridgehead atoms. The van der Waals surface area contributed by atoms with Crippen LogP contribution in [0.5, 0.6) is 11.5 Å². The summed E-state index contributed by atoms with van der Waals surface area (Å²) >= 11 is 6.06. The minimum atomic E-state index is -0.0595. The first kappa shape index (κ1) is 21.3. The van der Waals surface area contributed by atoms with Crippen molar-refractivity contribution < 1.29 is 35.8 Å². The van der Waals surface area contributed by atoms with Gasteiger partial charge >= 0.3 is 0 Å². The highest BCUT2D eigenvalue weighted by atomic mass is 79.9. The fourth-order valence-corrected chi connectivity index (χ4v) is 2.56. The molecule has 2 aromatic rings. The second kappa shape index (κ2) is 10.9. The zero-order valence-electron chi connectivity index (χ0n) is 14.3. The van der Waals surface area contributed by atoms with Crippen molar-refractivity contribution in [2.45, 2.75) is 25.8 Å². The quantitative estimate of drug-likeness (QED) is 0.490. The van der Waals surface area contributed by atoms with Gasteiger partial charge in [0.15, 0.2) is 12.4 Å². The molecule has 1 amide bonds. The van der Waals surface area contributed by atoms with Crippen LogP contribution in [0.25, 0.3) is 0 Å². The van der Waals surface area contributed by atoms with Gasteiger partial charge in [0.1, 0.15) is 18.0 Å². The van der Waals surface area contributed by atoms with Crippen LogP contribution < -0.4 is 36.3 Å². The molecule has 0 spiro atoms. The molecule has 7 heteroatoms. The number of benzene rings is 1. The highest BCUT2D eigenvalue weighted by molar-refractivity contribution is 6.32. The summed E-state index contributed by atoms with van der Waals surface area (Å²) in [7, 11) is 3.06. The van der Waals surface area contributed by atoms with Crippen molar-refractivity contribution in [3.8, 4) is 11.5 Å². The highest BCUT2D eigenvalue weighted by Crippen LogP contribution is 2.35. The van der Waals surface area contributed by atoms with Gasteiger partial charge in [-0.1, -0.05) is 17.7 Å². The SMILES string of the molecule is COc1cc(NC(=O)CCCC[n+]2ccccc2)c(OC)cc1Cl.[Br-]. The van der Waals surface area contributed by atoms with E-state index in [1.165, 1.54) is 14.2 Å². The van der Waals surface area contributed by atoms with Crippen LogP contribution >= 0.6 is 11.6 Å². The number of anilines is 1. The predicted octanol–water partition coefficient (Wildman–Crippen LogP) is 0.458. The molecule has 0 unspecified atom stereocenters. The Morgan fingerprint density at radius 2 is 1.76 bits per heavy atom. The Labute approximate surface area is 163 Å². The van der Waals surface area contributed by atoms with Gasteiger partial charge in [-0.3, -0.25) is 4.79 Å². The fraction of sp³-hybridized carbons (Fsp3) is 0.333. The number of methoxy groups -OCH3 is 2. The monoisotopic (exact) mass is 428 g/mol. The number of hydrogen-bond acceptors (Lipinski definition) is 3. The molecule has 0 aliphatic rings. The van der Waals surface area contributed by atoms with E-state index < -0.39 is 0 Å². The molecule has 1 aromatic carbocycles. The zero-order valence-corrected chi connectivity index (χ0v) is 16.6. The minimum Gasteiger partial charge on any atom is -1.00 e. The number of hydrogen-bond donors (Lipinski definition) is 1. The molecule has 136 valence electrons. The first-order valence-corrected chi connectivity index (χ1v) is 8.17. The number of aromatic nitrogens is 1. The second-order valence-corrected chi connectivity index (χ2v) is 5.71. The Bertz CT molecular complexity index is 684. The first-order valence-electron chi connectivity index (χ1n) is 7.79. The topological polar surface area (TPSA) is 51.4 Å². The molecule has 0 atom stereocenters. The number of aryl methyl sites for hydroxylation is 1. The van der Waals surface area contributed by atoms with Gasteiger partial charge < -0.3 is 31.8 Å². The standard InChI is InChI=1S/C18H21ClN2O3.BrH/c1-23-16-13-15(17(24-2)12-14(16)19)20-18(22)8-4-7-11-21-9-5-3-6-10-21;/h3,5-6,9-10,12-13H,4,7-8,11H2,1-2H3;1H. The van der Waals surface area contributed by atoms with Crippen molar-refractivity contribution in [2.75, 3.05) is 19.5 Å². The normalized spacial score (nSPS) is 9.88. The van der Waals surface area contributed by atoms with Crippen LogP contribution in [0.3, 0.4) is 0 Å². The third-order valence-electron chi connectivity index (χ3n) is 3.60. The maximum Gasteiger partial charge on any atom is 0.224 e. The summed E-state index contributed by atoms with van der Waals surface area (Å²) in [5, 5.41) is 3.29. The van der Waals surface area contributed by atoms with Crippen molar-refractivity contribution in [1.82, 2.24) is 0 Å². The van der Waals surface area contributed by atoms with Gasteiger partial charge in [-0.25, -0.2) is 4.57 Å². The van der Waals surface area contributed by atoms with Crippen LogP contribution in [-0.2, 0) is 11.3 Å². The second-order valence-electron chi connectivity index (χ2n) is 5.31. The van der Waals surface area contributed by atoms with E-state index in [1.54, 1.807) is 12.1 Å². The zero-order chi connectivity index (χ0) is 17.4. The third kappa shape index (κ3) is 6.55. The van der Waals surface area contributed by atoms with Gasteiger partial charge in [-0.2, -0.15) is 0 Å². The predicted molar refractivity (Wildman–Crippen MR) is 93.7 cm³/mol. The molecule has 5 nitrogen and oxygen atoms in total. The number of unbranched alkanes of at least 4 members (excludes halogenated alkanes) is 1. The van der Waals surface area contributed by atoms with E-state index in [0.717, 1.165) is 19.4 Å². The molecule has 0 saturated heterocycles. The van der Waals surface area contributed by atoms with E-state index in [-0.39, 0.29) is 22.9 Å². The molecular formula is C18H22BrClN2O3. The Balaban J connectivity index is 0.00000312. The van der Waals surface area contributed by atoms with Crippen molar-refractivity contribution in [3.63, 3.8) is 0 Å². The number of pyridine rings is 1. The van der Waals surface area contributed by atoms with Crippen molar-refractivity contribution in [1.29, 1.82) is 0 Å². The fourth-order valence-electron chi connectivity index (χ4n) is 2.33. The number of carbonyl (C=O) groups is 1. The van der Waals surface area contributed by atoms with Crippen molar-refractivity contribution in [3.05, 3.63) is 47.7 Å². The molecule has 0 aliphatic carbocycles. The van der Waals surface area contributed by atoms with Gasteiger partial charge in [-0.15, -0.1) is 0 Å². The van der Waals surface area contributed by atoms with Crippen LogP contribution in [0.4, 0.5) is 5.69 Å². The van der Waals surface area contributed by atoms with E-state index in [4.69, 9.17) is 21.1 Å². The van der Waals surface area contributed by atoms with E-state index in [9.17, 15) is 4.79 Å². The third-order valence-corrected chi connectivity index (χ3v) is 3.89. The Morgan fingerprint density at radius 3 is 2.40 bits per heavy atom. The molecule has 1 N–H and O–H groups in total.